The van der Waals surface area contributed by atoms with Crippen molar-refractivity contribution in [3.05, 3.63) is 24.4 Å². The van der Waals surface area contributed by atoms with E-state index in [1.807, 2.05) is 4.90 Å². The minimum atomic E-state index is 0.260. The molecule has 1 fully saturated rings. The molecule has 3 heterocycles. The van der Waals surface area contributed by atoms with E-state index in [2.05, 4.69) is 39.0 Å². The highest BCUT2D eigenvalue weighted by atomic mass is 16.2. The molecule has 2 aromatic rings. The normalized spacial score (nSPS) is 16.0. The summed E-state index contributed by atoms with van der Waals surface area (Å²) in [5.41, 5.74) is 0.666. The summed E-state index contributed by atoms with van der Waals surface area (Å²) in [7, 11) is 0. The fourth-order valence-electron chi connectivity index (χ4n) is 2.87. The zero-order valence-electron chi connectivity index (χ0n) is 13.6. The highest BCUT2D eigenvalue weighted by Gasteiger charge is 2.26. The predicted molar refractivity (Wildman–Crippen MR) is 85.4 cm³/mol. The molecule has 0 aromatic carbocycles. The molecule has 3 rings (SSSR count). The molecular weight excluding hydrogens is 292 g/mol. The molecule has 7 heteroatoms. The molecule has 0 aliphatic carbocycles. The number of hydrogen-bond donors (Lipinski definition) is 1. The number of H-pyrrole nitrogens is 1. The zero-order chi connectivity index (χ0) is 16.2. The minimum Gasteiger partial charge on any atom is -0.343 e. The topological polar surface area (TPSA) is 87.7 Å². The van der Waals surface area contributed by atoms with E-state index in [1.165, 1.54) is 0 Å². The SMILES string of the molecule is CC(C)CC(=O)N1CCC(c2nc(-c3cnccn3)n[nH]2)CC1. The highest BCUT2D eigenvalue weighted by Crippen LogP contribution is 2.27. The minimum absolute atomic E-state index is 0.260. The quantitative estimate of drug-likeness (QED) is 0.932. The summed E-state index contributed by atoms with van der Waals surface area (Å²) in [5, 5.41) is 7.25. The van der Waals surface area contributed by atoms with E-state index >= 15 is 0 Å². The van der Waals surface area contributed by atoms with Crippen LogP contribution >= 0.6 is 0 Å². The van der Waals surface area contributed by atoms with Crippen LogP contribution in [-0.2, 0) is 4.79 Å². The third-order valence-corrected chi connectivity index (χ3v) is 4.11. The van der Waals surface area contributed by atoms with Crippen LogP contribution in [0.5, 0.6) is 0 Å². The fraction of sp³-hybridized carbons (Fsp3) is 0.562. The molecule has 1 saturated heterocycles. The van der Waals surface area contributed by atoms with E-state index < -0.39 is 0 Å². The summed E-state index contributed by atoms with van der Waals surface area (Å²) < 4.78 is 0. The molecule has 23 heavy (non-hydrogen) atoms. The Morgan fingerprint density at radius 1 is 1.35 bits per heavy atom. The van der Waals surface area contributed by atoms with Gasteiger partial charge in [-0.3, -0.25) is 14.9 Å². The van der Waals surface area contributed by atoms with Crippen LogP contribution in [0, 0.1) is 5.92 Å². The molecule has 2 aromatic heterocycles. The third-order valence-electron chi connectivity index (χ3n) is 4.11. The molecule has 0 bridgehead atoms. The molecule has 0 spiro atoms. The number of rotatable bonds is 4. The number of carbonyl (C=O) groups excluding carboxylic acids is 1. The summed E-state index contributed by atoms with van der Waals surface area (Å²) in [5.74, 6) is 2.43. The van der Waals surface area contributed by atoms with Gasteiger partial charge in [0.15, 0.2) is 0 Å². The Labute approximate surface area is 135 Å². The van der Waals surface area contributed by atoms with Crippen molar-refractivity contribution in [3.8, 4) is 11.5 Å². The average molecular weight is 314 g/mol. The molecule has 7 nitrogen and oxygen atoms in total. The molecule has 1 aliphatic rings. The number of carbonyl (C=O) groups is 1. The number of aromatic nitrogens is 5. The van der Waals surface area contributed by atoms with Crippen LogP contribution in [0.1, 0.15) is 44.9 Å². The van der Waals surface area contributed by atoms with Crippen molar-refractivity contribution in [2.45, 2.75) is 39.0 Å². The van der Waals surface area contributed by atoms with Gasteiger partial charge in [-0.05, 0) is 18.8 Å². The average Bonchev–Trinajstić information content (AvgIpc) is 3.05. The summed E-state index contributed by atoms with van der Waals surface area (Å²) >= 11 is 0. The fourth-order valence-corrected chi connectivity index (χ4v) is 2.87. The maximum Gasteiger partial charge on any atom is 0.222 e. The summed E-state index contributed by atoms with van der Waals surface area (Å²) in [6.45, 7) is 5.73. The zero-order valence-corrected chi connectivity index (χ0v) is 13.6. The molecule has 1 amide bonds. The number of likely N-dealkylation sites (tertiary alicyclic amines) is 1. The molecule has 0 unspecified atom stereocenters. The molecule has 0 saturated carbocycles. The first-order chi connectivity index (χ1) is 11.1. The number of aromatic amines is 1. The number of nitrogens with one attached hydrogen (secondary N) is 1. The Morgan fingerprint density at radius 2 is 2.13 bits per heavy atom. The van der Waals surface area contributed by atoms with Crippen LogP contribution in [0.4, 0.5) is 0 Å². The first-order valence-electron chi connectivity index (χ1n) is 8.10. The van der Waals surface area contributed by atoms with Gasteiger partial charge >= 0.3 is 0 Å². The van der Waals surface area contributed by atoms with Crippen LogP contribution < -0.4 is 0 Å². The van der Waals surface area contributed by atoms with Crippen molar-refractivity contribution in [3.63, 3.8) is 0 Å². The summed E-state index contributed by atoms with van der Waals surface area (Å²) in [6, 6.07) is 0. The van der Waals surface area contributed by atoms with E-state index in [9.17, 15) is 4.79 Å². The second kappa shape index (κ2) is 6.85. The van der Waals surface area contributed by atoms with Gasteiger partial charge in [0.2, 0.25) is 11.7 Å². The number of hydrogen-bond acceptors (Lipinski definition) is 5. The van der Waals surface area contributed by atoms with Gasteiger partial charge in [0, 0.05) is 37.8 Å². The second-order valence-corrected chi connectivity index (χ2v) is 6.39. The van der Waals surface area contributed by atoms with Crippen LogP contribution in [-0.4, -0.2) is 49.0 Å². The lowest BCUT2D eigenvalue weighted by Gasteiger charge is -2.31. The van der Waals surface area contributed by atoms with Gasteiger partial charge in [0.05, 0.1) is 6.20 Å². The lowest BCUT2D eigenvalue weighted by atomic mass is 9.95. The van der Waals surface area contributed by atoms with E-state index in [4.69, 9.17) is 0 Å². The third kappa shape index (κ3) is 3.72. The van der Waals surface area contributed by atoms with Gasteiger partial charge in [0.25, 0.3) is 0 Å². The van der Waals surface area contributed by atoms with E-state index in [0.717, 1.165) is 31.8 Å². The number of nitrogens with zero attached hydrogens (tertiary/aromatic N) is 5. The van der Waals surface area contributed by atoms with Gasteiger partial charge in [-0.15, -0.1) is 0 Å². The maximum atomic E-state index is 12.1. The van der Waals surface area contributed by atoms with Crippen molar-refractivity contribution >= 4 is 5.91 Å². The predicted octanol–water partition coefficient (Wildman–Crippen LogP) is 2.01. The summed E-state index contributed by atoms with van der Waals surface area (Å²) in [6.07, 6.45) is 7.37. The largest absolute Gasteiger partial charge is 0.343 e. The van der Waals surface area contributed by atoms with E-state index in [1.54, 1.807) is 18.6 Å². The lowest BCUT2D eigenvalue weighted by molar-refractivity contribution is -0.133. The van der Waals surface area contributed by atoms with Crippen LogP contribution in [0.15, 0.2) is 18.6 Å². The van der Waals surface area contributed by atoms with Gasteiger partial charge < -0.3 is 4.90 Å². The van der Waals surface area contributed by atoms with Gasteiger partial charge in [-0.1, -0.05) is 13.8 Å². The van der Waals surface area contributed by atoms with E-state index in [0.29, 0.717) is 29.8 Å². The Hall–Kier alpha value is -2.31. The van der Waals surface area contributed by atoms with Crippen molar-refractivity contribution in [1.29, 1.82) is 0 Å². The van der Waals surface area contributed by atoms with Gasteiger partial charge in [0.1, 0.15) is 11.5 Å². The molecule has 122 valence electrons. The monoisotopic (exact) mass is 314 g/mol. The molecule has 1 aliphatic heterocycles. The Balaban J connectivity index is 1.60. The first-order valence-corrected chi connectivity index (χ1v) is 8.10. The van der Waals surface area contributed by atoms with Crippen LogP contribution in [0.25, 0.3) is 11.5 Å². The van der Waals surface area contributed by atoms with Crippen molar-refractivity contribution in [2.75, 3.05) is 13.1 Å². The van der Waals surface area contributed by atoms with E-state index in [-0.39, 0.29) is 5.91 Å². The maximum absolute atomic E-state index is 12.1. The van der Waals surface area contributed by atoms with Gasteiger partial charge in [-0.2, -0.15) is 5.10 Å². The molecule has 1 N–H and O–H groups in total. The Bertz CT molecular complexity index is 646. The summed E-state index contributed by atoms with van der Waals surface area (Å²) in [4.78, 5) is 26.9. The van der Waals surface area contributed by atoms with Crippen molar-refractivity contribution < 1.29 is 4.79 Å². The molecule has 0 atom stereocenters. The first kappa shape index (κ1) is 15.6. The van der Waals surface area contributed by atoms with Gasteiger partial charge in [-0.25, -0.2) is 9.97 Å². The number of amides is 1. The lowest BCUT2D eigenvalue weighted by Crippen LogP contribution is -2.38. The molecular formula is C16H22N6O. The Kier molecular flexibility index (Phi) is 4.64. The van der Waals surface area contributed by atoms with Crippen LogP contribution in [0.3, 0.4) is 0 Å². The standard InChI is InChI=1S/C16H22N6O/c1-11(2)9-14(23)22-7-3-12(4-8-22)15-19-16(21-20-15)13-10-17-5-6-18-13/h5-6,10-12H,3-4,7-9H2,1-2H3,(H,19,20,21). The van der Waals surface area contributed by atoms with Crippen molar-refractivity contribution in [2.24, 2.45) is 5.92 Å². The smallest absolute Gasteiger partial charge is 0.222 e. The second-order valence-electron chi connectivity index (χ2n) is 6.39. The van der Waals surface area contributed by atoms with Crippen molar-refractivity contribution in [1.82, 2.24) is 30.0 Å². The highest BCUT2D eigenvalue weighted by molar-refractivity contribution is 5.76. The van der Waals surface area contributed by atoms with Crippen LogP contribution in [0.2, 0.25) is 0 Å². The number of piperidine rings is 1. The Morgan fingerprint density at radius 3 is 2.78 bits per heavy atom. The molecule has 0 radical (unpaired) electrons.